The third kappa shape index (κ3) is 3.21. The minimum Gasteiger partial charge on any atom is -0.492 e. The van der Waals surface area contributed by atoms with Gasteiger partial charge in [-0.2, -0.15) is 10.5 Å². The first-order valence-electron chi connectivity index (χ1n) is 4.57. The molecule has 0 aliphatic carbocycles. The zero-order valence-corrected chi connectivity index (χ0v) is 8.23. The van der Waals surface area contributed by atoms with Crippen LogP contribution in [0.5, 0.6) is 5.75 Å². The van der Waals surface area contributed by atoms with E-state index in [0.717, 1.165) is 0 Å². The van der Waals surface area contributed by atoms with Crippen LogP contribution in [-0.2, 0) is 0 Å². The molecule has 1 aromatic rings. The van der Waals surface area contributed by atoms with Crippen molar-refractivity contribution < 1.29 is 4.74 Å². The number of rotatable bonds is 4. The van der Waals surface area contributed by atoms with Gasteiger partial charge >= 0.3 is 0 Å². The topological polar surface area (TPSA) is 82.8 Å². The monoisotopic (exact) mass is 201 g/mol. The molecule has 0 amide bonds. The van der Waals surface area contributed by atoms with E-state index in [1.165, 1.54) is 0 Å². The number of nitrogen functional groups attached to an aromatic ring is 1. The number of hydrogen-bond donors (Lipinski definition) is 1. The lowest BCUT2D eigenvalue weighted by Gasteiger charge is -2.06. The Morgan fingerprint density at radius 2 is 2.13 bits per heavy atom. The van der Waals surface area contributed by atoms with Gasteiger partial charge in [-0.25, -0.2) is 0 Å². The minimum atomic E-state index is 0.423. The molecule has 1 aromatic carbocycles. The van der Waals surface area contributed by atoms with Gasteiger partial charge in [-0.15, -0.1) is 0 Å². The van der Waals surface area contributed by atoms with E-state index in [1.807, 2.05) is 12.1 Å². The molecule has 0 atom stereocenters. The zero-order valence-electron chi connectivity index (χ0n) is 8.23. The average Bonchev–Trinajstić information content (AvgIpc) is 2.26. The molecule has 4 nitrogen and oxygen atoms in total. The van der Waals surface area contributed by atoms with Crippen molar-refractivity contribution in [1.82, 2.24) is 0 Å². The predicted molar refractivity (Wildman–Crippen MR) is 55.9 cm³/mol. The second-order valence-corrected chi connectivity index (χ2v) is 2.98. The van der Waals surface area contributed by atoms with Gasteiger partial charge in [0.15, 0.2) is 0 Å². The highest BCUT2D eigenvalue weighted by Gasteiger charge is 2.02. The molecule has 0 aliphatic rings. The fourth-order valence-corrected chi connectivity index (χ4v) is 1.09. The second-order valence-electron chi connectivity index (χ2n) is 2.98. The van der Waals surface area contributed by atoms with Crippen molar-refractivity contribution in [2.75, 3.05) is 12.3 Å². The maximum atomic E-state index is 8.81. The van der Waals surface area contributed by atoms with Gasteiger partial charge in [-0.3, -0.25) is 0 Å². The van der Waals surface area contributed by atoms with Crippen molar-refractivity contribution in [2.45, 2.75) is 12.8 Å². The molecular formula is C11H11N3O. The Morgan fingerprint density at radius 1 is 1.33 bits per heavy atom. The van der Waals surface area contributed by atoms with Crippen LogP contribution in [0.15, 0.2) is 18.2 Å². The number of benzene rings is 1. The van der Waals surface area contributed by atoms with Crippen molar-refractivity contribution in [1.29, 1.82) is 10.5 Å². The summed E-state index contributed by atoms with van der Waals surface area (Å²) < 4.78 is 5.36. The van der Waals surface area contributed by atoms with Gasteiger partial charge in [0.2, 0.25) is 0 Å². The number of nitrogens with two attached hydrogens (primary N) is 1. The minimum absolute atomic E-state index is 0.423. The first-order chi connectivity index (χ1) is 7.27. The van der Waals surface area contributed by atoms with E-state index in [9.17, 15) is 0 Å². The number of unbranched alkanes of at least 4 members (excludes halogenated alkanes) is 1. The van der Waals surface area contributed by atoms with E-state index in [2.05, 4.69) is 0 Å². The van der Waals surface area contributed by atoms with Crippen LogP contribution in [0, 0.1) is 22.7 Å². The van der Waals surface area contributed by atoms with Crippen molar-refractivity contribution >= 4 is 5.69 Å². The largest absolute Gasteiger partial charge is 0.492 e. The number of anilines is 1. The molecule has 0 saturated heterocycles. The Bertz CT molecular complexity index is 415. The molecule has 15 heavy (non-hydrogen) atoms. The highest BCUT2D eigenvalue weighted by molar-refractivity contribution is 5.53. The molecule has 0 spiro atoms. The summed E-state index contributed by atoms with van der Waals surface area (Å²) in [4.78, 5) is 0. The van der Waals surface area contributed by atoms with Gasteiger partial charge in [0.1, 0.15) is 11.8 Å². The Kier molecular flexibility index (Phi) is 4.00. The lowest BCUT2D eigenvalue weighted by Crippen LogP contribution is -1.99. The van der Waals surface area contributed by atoms with Gasteiger partial charge in [0.25, 0.3) is 0 Å². The Hall–Kier alpha value is -2.20. The molecule has 0 aliphatic heterocycles. The second kappa shape index (κ2) is 5.51. The molecule has 1 rings (SSSR count). The van der Waals surface area contributed by atoms with E-state index in [1.54, 1.807) is 18.2 Å². The summed E-state index contributed by atoms with van der Waals surface area (Å²) in [6.07, 6.45) is 1.11. The van der Waals surface area contributed by atoms with Crippen molar-refractivity contribution in [3.8, 4) is 17.9 Å². The van der Waals surface area contributed by atoms with E-state index in [0.29, 0.717) is 36.4 Å². The predicted octanol–water partition coefficient (Wildman–Crippen LogP) is 1.82. The molecular weight excluding hydrogens is 190 g/mol. The Balaban J connectivity index is 2.62. The molecule has 0 aromatic heterocycles. The van der Waals surface area contributed by atoms with Gasteiger partial charge in [-0.1, -0.05) is 0 Å². The third-order valence-electron chi connectivity index (χ3n) is 1.81. The maximum absolute atomic E-state index is 8.81. The van der Waals surface area contributed by atoms with Crippen molar-refractivity contribution in [2.24, 2.45) is 0 Å². The highest BCUT2D eigenvalue weighted by atomic mass is 16.5. The first-order valence-corrected chi connectivity index (χ1v) is 4.57. The molecule has 0 saturated carbocycles. The summed E-state index contributed by atoms with van der Waals surface area (Å²) in [5, 5.41) is 17.1. The molecule has 76 valence electrons. The Morgan fingerprint density at radius 3 is 2.80 bits per heavy atom. The summed E-state index contributed by atoms with van der Waals surface area (Å²) in [7, 11) is 0. The fraction of sp³-hybridized carbons (Fsp3) is 0.273. The van der Waals surface area contributed by atoms with Crippen LogP contribution in [0.4, 0.5) is 5.69 Å². The van der Waals surface area contributed by atoms with Gasteiger partial charge in [0, 0.05) is 12.1 Å². The summed E-state index contributed by atoms with van der Waals surface area (Å²) in [5.41, 5.74) is 6.49. The lowest BCUT2D eigenvalue weighted by atomic mass is 10.2. The molecule has 2 N–H and O–H groups in total. The van der Waals surface area contributed by atoms with Crippen LogP contribution >= 0.6 is 0 Å². The van der Waals surface area contributed by atoms with Gasteiger partial charge in [0.05, 0.1) is 18.2 Å². The average molecular weight is 201 g/mol. The molecule has 0 unspecified atom stereocenters. The molecule has 0 heterocycles. The SMILES string of the molecule is N#CCCCOc1ccc(N)cc1C#N. The highest BCUT2D eigenvalue weighted by Crippen LogP contribution is 2.20. The quantitative estimate of drug-likeness (QED) is 0.595. The van der Waals surface area contributed by atoms with Crippen molar-refractivity contribution in [3.05, 3.63) is 23.8 Å². The third-order valence-corrected chi connectivity index (χ3v) is 1.81. The lowest BCUT2D eigenvalue weighted by molar-refractivity contribution is 0.312. The normalized spacial score (nSPS) is 8.93. The van der Waals surface area contributed by atoms with E-state index >= 15 is 0 Å². The first kappa shape index (κ1) is 10.9. The Labute approximate surface area is 88.5 Å². The van der Waals surface area contributed by atoms with Gasteiger partial charge in [-0.05, 0) is 24.6 Å². The van der Waals surface area contributed by atoms with Crippen molar-refractivity contribution in [3.63, 3.8) is 0 Å². The summed E-state index contributed by atoms with van der Waals surface area (Å²) in [6, 6.07) is 8.95. The van der Waals surface area contributed by atoms with E-state index < -0.39 is 0 Å². The van der Waals surface area contributed by atoms with Crippen LogP contribution in [0.2, 0.25) is 0 Å². The standard InChI is InChI=1S/C11H11N3O/c12-5-1-2-6-15-11-4-3-10(14)7-9(11)8-13/h3-4,7H,1-2,6,14H2. The van der Waals surface area contributed by atoms with Crippen LogP contribution in [0.3, 0.4) is 0 Å². The van der Waals surface area contributed by atoms with Gasteiger partial charge < -0.3 is 10.5 Å². The summed E-state index contributed by atoms with van der Waals surface area (Å²) in [5.74, 6) is 0.518. The van der Waals surface area contributed by atoms with Crippen LogP contribution in [0.1, 0.15) is 18.4 Å². The van der Waals surface area contributed by atoms with Crippen LogP contribution in [0.25, 0.3) is 0 Å². The van der Waals surface area contributed by atoms with E-state index in [4.69, 9.17) is 21.0 Å². The zero-order chi connectivity index (χ0) is 11.1. The summed E-state index contributed by atoms with van der Waals surface area (Å²) in [6.45, 7) is 0.437. The molecule has 0 fully saturated rings. The number of nitrogens with zero attached hydrogens (tertiary/aromatic N) is 2. The smallest absolute Gasteiger partial charge is 0.137 e. The number of hydrogen-bond acceptors (Lipinski definition) is 4. The van der Waals surface area contributed by atoms with Crippen LogP contribution < -0.4 is 10.5 Å². The molecule has 0 radical (unpaired) electrons. The maximum Gasteiger partial charge on any atom is 0.137 e. The van der Waals surface area contributed by atoms with Crippen LogP contribution in [-0.4, -0.2) is 6.61 Å². The number of ether oxygens (including phenoxy) is 1. The molecule has 4 heteroatoms. The van der Waals surface area contributed by atoms with E-state index in [-0.39, 0.29) is 0 Å². The number of nitriles is 2. The fourth-order valence-electron chi connectivity index (χ4n) is 1.09. The summed E-state index contributed by atoms with van der Waals surface area (Å²) >= 11 is 0. The molecule has 0 bridgehead atoms.